The van der Waals surface area contributed by atoms with E-state index in [9.17, 15) is 4.79 Å². The van der Waals surface area contributed by atoms with Gasteiger partial charge in [-0.05, 0) is 74.2 Å². The van der Waals surface area contributed by atoms with E-state index in [-0.39, 0.29) is 5.91 Å². The normalized spacial score (nSPS) is 10.7. The molecule has 0 radical (unpaired) electrons. The first-order valence-corrected chi connectivity index (χ1v) is 10.4. The van der Waals surface area contributed by atoms with Gasteiger partial charge in [0.25, 0.3) is 0 Å². The van der Waals surface area contributed by atoms with Crippen molar-refractivity contribution in [1.82, 2.24) is 10.2 Å². The van der Waals surface area contributed by atoms with E-state index in [0.29, 0.717) is 5.75 Å². The van der Waals surface area contributed by atoms with Crippen molar-refractivity contribution in [2.75, 3.05) is 16.4 Å². The molecule has 0 saturated carbocycles. The number of nitrogens with one attached hydrogen (secondary N) is 2. The summed E-state index contributed by atoms with van der Waals surface area (Å²) in [5.41, 5.74) is 6.55. The molecule has 1 amide bonds. The van der Waals surface area contributed by atoms with Gasteiger partial charge in [0.05, 0.1) is 5.75 Å². The Labute approximate surface area is 167 Å². The molecule has 0 saturated heterocycles. The lowest BCUT2D eigenvalue weighted by molar-refractivity contribution is -0.113. The number of carbonyl (C=O) groups is 1. The van der Waals surface area contributed by atoms with E-state index in [4.69, 9.17) is 0 Å². The average Bonchev–Trinajstić information content (AvgIpc) is 3.03. The van der Waals surface area contributed by atoms with Crippen molar-refractivity contribution >= 4 is 45.5 Å². The Morgan fingerprint density at radius 1 is 0.963 bits per heavy atom. The van der Waals surface area contributed by atoms with Crippen LogP contribution in [0.1, 0.15) is 22.3 Å². The van der Waals surface area contributed by atoms with Crippen molar-refractivity contribution in [3.63, 3.8) is 0 Å². The number of hydrogen-bond donors (Lipinski definition) is 2. The van der Waals surface area contributed by atoms with Gasteiger partial charge in [0.1, 0.15) is 0 Å². The summed E-state index contributed by atoms with van der Waals surface area (Å²) >= 11 is 2.83. The second kappa shape index (κ2) is 8.54. The van der Waals surface area contributed by atoms with Gasteiger partial charge in [-0.25, -0.2) is 0 Å². The van der Waals surface area contributed by atoms with Crippen molar-refractivity contribution in [3.8, 4) is 0 Å². The second-order valence-corrected chi connectivity index (χ2v) is 8.71. The molecule has 0 aliphatic rings. The van der Waals surface area contributed by atoms with E-state index in [1.165, 1.54) is 34.2 Å². The summed E-state index contributed by atoms with van der Waals surface area (Å²) in [5.74, 6) is 0.245. The van der Waals surface area contributed by atoms with Gasteiger partial charge in [-0.1, -0.05) is 35.2 Å². The lowest BCUT2D eigenvalue weighted by atomic mass is 10.1. The summed E-state index contributed by atoms with van der Waals surface area (Å²) in [6.45, 7) is 8.20. The molecule has 1 aromatic heterocycles. The minimum Gasteiger partial charge on any atom is -0.330 e. The number of aryl methyl sites for hydroxylation is 4. The van der Waals surface area contributed by atoms with Gasteiger partial charge >= 0.3 is 0 Å². The Kier molecular flexibility index (Phi) is 6.13. The van der Waals surface area contributed by atoms with E-state index in [1.54, 1.807) is 0 Å². The summed E-state index contributed by atoms with van der Waals surface area (Å²) in [4.78, 5) is 12.2. The van der Waals surface area contributed by atoms with Gasteiger partial charge in [-0.2, -0.15) is 0 Å². The lowest BCUT2D eigenvalue weighted by Crippen LogP contribution is -2.14. The lowest BCUT2D eigenvalue weighted by Gasteiger charge is -2.06. The maximum absolute atomic E-state index is 12.2. The molecule has 0 atom stereocenters. The van der Waals surface area contributed by atoms with Crippen LogP contribution >= 0.6 is 23.1 Å². The van der Waals surface area contributed by atoms with Gasteiger partial charge in [0.15, 0.2) is 4.34 Å². The third kappa shape index (κ3) is 5.55. The van der Waals surface area contributed by atoms with E-state index < -0.39 is 0 Å². The highest BCUT2D eigenvalue weighted by Gasteiger charge is 2.09. The number of hydrogen-bond acceptors (Lipinski definition) is 6. The van der Waals surface area contributed by atoms with Crippen LogP contribution in [0.4, 0.5) is 16.5 Å². The van der Waals surface area contributed by atoms with Crippen LogP contribution in [-0.2, 0) is 4.79 Å². The maximum atomic E-state index is 12.2. The van der Waals surface area contributed by atoms with Crippen LogP contribution in [0.5, 0.6) is 0 Å². The standard InChI is InChI=1S/C20H22N4OS2/c1-12-7-13(2)9-17(8-12)21-18(25)11-26-20-24-23-19(27-20)22-16-6-5-14(3)15(4)10-16/h5-10H,11H2,1-4H3,(H,21,25)(H,22,23). The fraction of sp³-hybridized carbons (Fsp3) is 0.250. The summed E-state index contributed by atoms with van der Waals surface area (Å²) in [6.07, 6.45) is 0. The number of aromatic nitrogens is 2. The Morgan fingerprint density at radius 3 is 2.41 bits per heavy atom. The van der Waals surface area contributed by atoms with E-state index in [0.717, 1.165) is 32.0 Å². The average molecular weight is 399 g/mol. The zero-order chi connectivity index (χ0) is 19.4. The molecule has 0 aliphatic heterocycles. The Bertz CT molecular complexity index is 948. The van der Waals surface area contributed by atoms with E-state index >= 15 is 0 Å². The quantitative estimate of drug-likeness (QED) is 0.555. The second-order valence-electron chi connectivity index (χ2n) is 6.51. The van der Waals surface area contributed by atoms with Crippen LogP contribution < -0.4 is 10.6 Å². The van der Waals surface area contributed by atoms with Crippen LogP contribution in [0.2, 0.25) is 0 Å². The van der Waals surface area contributed by atoms with Gasteiger partial charge in [-0.15, -0.1) is 10.2 Å². The molecule has 3 aromatic rings. The highest BCUT2D eigenvalue weighted by molar-refractivity contribution is 8.01. The van der Waals surface area contributed by atoms with Gasteiger partial charge in [0, 0.05) is 11.4 Å². The smallest absolute Gasteiger partial charge is 0.234 e. The Morgan fingerprint density at radius 2 is 1.70 bits per heavy atom. The van der Waals surface area contributed by atoms with Crippen molar-refractivity contribution < 1.29 is 4.79 Å². The summed E-state index contributed by atoms with van der Waals surface area (Å²) < 4.78 is 0.761. The predicted octanol–water partition coefficient (Wildman–Crippen LogP) is 5.25. The molecule has 140 valence electrons. The minimum absolute atomic E-state index is 0.0520. The first-order chi connectivity index (χ1) is 12.9. The fourth-order valence-electron chi connectivity index (χ4n) is 2.63. The summed E-state index contributed by atoms with van der Waals surface area (Å²) in [7, 11) is 0. The highest BCUT2D eigenvalue weighted by Crippen LogP contribution is 2.28. The molecule has 0 aliphatic carbocycles. The largest absolute Gasteiger partial charge is 0.330 e. The summed E-state index contributed by atoms with van der Waals surface area (Å²) in [5, 5.41) is 15.2. The third-order valence-electron chi connectivity index (χ3n) is 4.00. The minimum atomic E-state index is -0.0520. The third-order valence-corrected chi connectivity index (χ3v) is 5.97. The van der Waals surface area contributed by atoms with Crippen molar-refractivity contribution in [2.24, 2.45) is 0 Å². The van der Waals surface area contributed by atoms with Crippen LogP contribution in [0.3, 0.4) is 0 Å². The molecule has 2 N–H and O–H groups in total. The summed E-state index contributed by atoms with van der Waals surface area (Å²) in [6, 6.07) is 12.2. The first-order valence-electron chi connectivity index (χ1n) is 8.58. The molecular formula is C20H22N4OS2. The Balaban J connectivity index is 1.54. The highest BCUT2D eigenvalue weighted by atomic mass is 32.2. The Hall–Kier alpha value is -2.38. The topological polar surface area (TPSA) is 66.9 Å². The molecule has 5 nitrogen and oxygen atoms in total. The van der Waals surface area contributed by atoms with Gasteiger partial charge < -0.3 is 10.6 Å². The molecule has 2 aromatic carbocycles. The number of thioether (sulfide) groups is 1. The number of rotatable bonds is 6. The van der Waals surface area contributed by atoms with Crippen LogP contribution in [0.25, 0.3) is 0 Å². The predicted molar refractivity (Wildman–Crippen MR) is 114 cm³/mol. The molecule has 0 fully saturated rings. The number of nitrogens with zero attached hydrogens (tertiary/aromatic N) is 2. The zero-order valence-electron chi connectivity index (χ0n) is 15.8. The van der Waals surface area contributed by atoms with Crippen LogP contribution in [0.15, 0.2) is 40.7 Å². The molecule has 1 heterocycles. The number of benzene rings is 2. The fourth-order valence-corrected chi connectivity index (χ4v) is 4.20. The van der Waals surface area contributed by atoms with Crippen LogP contribution in [-0.4, -0.2) is 21.9 Å². The van der Waals surface area contributed by atoms with E-state index in [1.807, 2.05) is 32.0 Å². The van der Waals surface area contributed by atoms with Gasteiger partial charge in [0.2, 0.25) is 11.0 Å². The molecular weight excluding hydrogens is 376 g/mol. The molecule has 0 spiro atoms. The monoisotopic (exact) mass is 398 g/mol. The van der Waals surface area contributed by atoms with Crippen molar-refractivity contribution in [1.29, 1.82) is 0 Å². The molecule has 27 heavy (non-hydrogen) atoms. The van der Waals surface area contributed by atoms with E-state index in [2.05, 4.69) is 52.9 Å². The maximum Gasteiger partial charge on any atom is 0.234 e. The zero-order valence-corrected chi connectivity index (χ0v) is 17.4. The van der Waals surface area contributed by atoms with Crippen molar-refractivity contribution in [3.05, 3.63) is 58.7 Å². The molecule has 0 unspecified atom stereocenters. The number of amides is 1. The molecule has 0 bridgehead atoms. The first kappa shape index (κ1) is 19.4. The molecule has 3 rings (SSSR count). The van der Waals surface area contributed by atoms with Gasteiger partial charge in [-0.3, -0.25) is 4.79 Å². The molecule has 7 heteroatoms. The van der Waals surface area contributed by atoms with Crippen molar-refractivity contribution in [2.45, 2.75) is 32.0 Å². The SMILES string of the molecule is Cc1cc(C)cc(NC(=O)CSc2nnc(Nc3ccc(C)c(C)c3)s2)c1. The number of carbonyl (C=O) groups excluding carboxylic acids is 1. The number of anilines is 3. The van der Waals surface area contributed by atoms with Crippen LogP contribution in [0, 0.1) is 27.7 Å².